The number of nitrogens with one attached hydrogen (secondary N) is 1. The molecule has 3 nitrogen and oxygen atoms in total. The van der Waals surface area contributed by atoms with E-state index in [1.807, 2.05) is 33.9 Å². The first-order chi connectivity index (χ1) is 6.75. The van der Waals surface area contributed by atoms with Gasteiger partial charge in [-0.05, 0) is 26.7 Å². The third kappa shape index (κ3) is 2.98. The van der Waals surface area contributed by atoms with Gasteiger partial charge in [0.15, 0.2) is 0 Å². The SMILES string of the molecule is CC.Cc1ncc(C)c(NC2CC2)n1. The van der Waals surface area contributed by atoms with Gasteiger partial charge in [-0.3, -0.25) is 0 Å². The predicted octanol–water partition coefficient (Wildman–Crippen LogP) is 2.69. The fourth-order valence-electron chi connectivity index (χ4n) is 1.10. The second-order valence-corrected chi connectivity index (χ2v) is 3.37. The van der Waals surface area contributed by atoms with E-state index in [9.17, 15) is 0 Å². The second-order valence-electron chi connectivity index (χ2n) is 3.37. The summed E-state index contributed by atoms with van der Waals surface area (Å²) in [6.07, 6.45) is 4.43. The smallest absolute Gasteiger partial charge is 0.132 e. The maximum atomic E-state index is 4.33. The summed E-state index contributed by atoms with van der Waals surface area (Å²) in [6, 6.07) is 0.665. The molecule has 3 heteroatoms. The monoisotopic (exact) mass is 193 g/mol. The Morgan fingerprint density at radius 3 is 2.50 bits per heavy atom. The molecule has 78 valence electrons. The quantitative estimate of drug-likeness (QED) is 0.784. The van der Waals surface area contributed by atoms with E-state index in [4.69, 9.17) is 0 Å². The highest BCUT2D eigenvalue weighted by atomic mass is 15.1. The minimum Gasteiger partial charge on any atom is -0.367 e. The molecular weight excluding hydrogens is 174 g/mol. The summed E-state index contributed by atoms with van der Waals surface area (Å²) in [7, 11) is 0. The van der Waals surface area contributed by atoms with Crippen LogP contribution in [0.5, 0.6) is 0 Å². The summed E-state index contributed by atoms with van der Waals surface area (Å²) in [5.41, 5.74) is 1.13. The molecule has 1 aromatic heterocycles. The molecule has 0 saturated heterocycles. The van der Waals surface area contributed by atoms with E-state index in [1.54, 1.807) is 0 Å². The first-order valence-corrected chi connectivity index (χ1v) is 5.32. The Balaban J connectivity index is 0.000000461. The van der Waals surface area contributed by atoms with E-state index in [-0.39, 0.29) is 0 Å². The molecule has 0 spiro atoms. The number of anilines is 1. The fraction of sp³-hybridized carbons (Fsp3) is 0.636. The average molecular weight is 193 g/mol. The van der Waals surface area contributed by atoms with E-state index in [1.165, 1.54) is 12.8 Å². The molecular formula is C11H19N3. The lowest BCUT2D eigenvalue weighted by Gasteiger charge is -2.06. The highest BCUT2D eigenvalue weighted by molar-refractivity contribution is 5.43. The largest absolute Gasteiger partial charge is 0.367 e. The van der Waals surface area contributed by atoms with E-state index in [2.05, 4.69) is 15.3 Å². The molecule has 1 N–H and O–H groups in total. The third-order valence-corrected chi connectivity index (χ3v) is 2.01. The minimum atomic E-state index is 0.665. The van der Waals surface area contributed by atoms with Crippen molar-refractivity contribution in [2.24, 2.45) is 0 Å². The number of aryl methyl sites for hydroxylation is 2. The lowest BCUT2D eigenvalue weighted by Crippen LogP contribution is -2.06. The van der Waals surface area contributed by atoms with E-state index >= 15 is 0 Å². The van der Waals surface area contributed by atoms with Crippen LogP contribution in [0.4, 0.5) is 5.82 Å². The van der Waals surface area contributed by atoms with E-state index < -0.39 is 0 Å². The Morgan fingerprint density at radius 1 is 1.29 bits per heavy atom. The van der Waals surface area contributed by atoms with Crippen molar-refractivity contribution in [3.05, 3.63) is 17.6 Å². The maximum Gasteiger partial charge on any atom is 0.132 e. The molecule has 14 heavy (non-hydrogen) atoms. The van der Waals surface area contributed by atoms with Crippen molar-refractivity contribution < 1.29 is 0 Å². The first-order valence-electron chi connectivity index (χ1n) is 5.32. The normalized spacial score (nSPS) is 14.3. The van der Waals surface area contributed by atoms with Crippen molar-refractivity contribution in [1.29, 1.82) is 0 Å². The van der Waals surface area contributed by atoms with E-state index in [0.29, 0.717) is 6.04 Å². The Hall–Kier alpha value is -1.12. The van der Waals surface area contributed by atoms with Gasteiger partial charge in [-0.15, -0.1) is 0 Å². The van der Waals surface area contributed by atoms with Crippen LogP contribution < -0.4 is 5.32 Å². The summed E-state index contributed by atoms with van der Waals surface area (Å²) in [5.74, 6) is 1.84. The summed E-state index contributed by atoms with van der Waals surface area (Å²) in [4.78, 5) is 8.45. The van der Waals surface area contributed by atoms with Gasteiger partial charge in [0.25, 0.3) is 0 Å². The molecule has 1 aliphatic carbocycles. The third-order valence-electron chi connectivity index (χ3n) is 2.01. The number of aromatic nitrogens is 2. The lowest BCUT2D eigenvalue weighted by atomic mass is 10.3. The topological polar surface area (TPSA) is 37.8 Å². The van der Waals surface area contributed by atoms with Gasteiger partial charge >= 0.3 is 0 Å². The van der Waals surface area contributed by atoms with Crippen LogP contribution in [0.1, 0.15) is 38.1 Å². The Morgan fingerprint density at radius 2 is 1.93 bits per heavy atom. The highest BCUT2D eigenvalue weighted by Gasteiger charge is 2.21. The zero-order chi connectivity index (χ0) is 10.6. The van der Waals surface area contributed by atoms with Crippen LogP contribution in [-0.4, -0.2) is 16.0 Å². The molecule has 0 amide bonds. The number of hydrogen-bond acceptors (Lipinski definition) is 3. The molecule has 1 saturated carbocycles. The lowest BCUT2D eigenvalue weighted by molar-refractivity contribution is 1.00. The van der Waals surface area contributed by atoms with Gasteiger partial charge in [-0.2, -0.15) is 0 Å². The molecule has 0 radical (unpaired) electrons. The number of rotatable bonds is 2. The maximum absolute atomic E-state index is 4.33. The molecule has 0 unspecified atom stereocenters. The molecule has 1 aromatic rings. The molecule has 0 bridgehead atoms. The standard InChI is InChI=1S/C9H13N3.C2H6/c1-6-5-10-7(2)11-9(6)12-8-3-4-8;1-2/h5,8H,3-4H2,1-2H3,(H,10,11,12);1-2H3. The van der Waals surface area contributed by atoms with Crippen molar-refractivity contribution in [3.63, 3.8) is 0 Å². The first kappa shape index (κ1) is 11.0. The van der Waals surface area contributed by atoms with Crippen LogP contribution in [0.3, 0.4) is 0 Å². The molecule has 1 heterocycles. The van der Waals surface area contributed by atoms with Crippen molar-refractivity contribution in [3.8, 4) is 0 Å². The van der Waals surface area contributed by atoms with Gasteiger partial charge < -0.3 is 5.32 Å². The zero-order valence-corrected chi connectivity index (χ0v) is 9.46. The van der Waals surface area contributed by atoms with Gasteiger partial charge in [0.1, 0.15) is 11.6 Å². The number of nitrogens with zero attached hydrogens (tertiary/aromatic N) is 2. The summed E-state index contributed by atoms with van der Waals surface area (Å²) >= 11 is 0. The van der Waals surface area contributed by atoms with Crippen molar-refractivity contribution in [1.82, 2.24) is 9.97 Å². The predicted molar refractivity (Wildman–Crippen MR) is 59.5 cm³/mol. The van der Waals surface area contributed by atoms with Crippen LogP contribution in [-0.2, 0) is 0 Å². The van der Waals surface area contributed by atoms with E-state index in [0.717, 1.165) is 17.2 Å². The molecule has 0 aromatic carbocycles. The van der Waals surface area contributed by atoms with Gasteiger partial charge in [0.05, 0.1) is 0 Å². The van der Waals surface area contributed by atoms with Gasteiger partial charge in [-0.25, -0.2) is 9.97 Å². The zero-order valence-electron chi connectivity index (χ0n) is 9.46. The fourth-order valence-corrected chi connectivity index (χ4v) is 1.10. The summed E-state index contributed by atoms with van der Waals surface area (Å²) in [6.45, 7) is 7.95. The second kappa shape index (κ2) is 4.94. The summed E-state index contributed by atoms with van der Waals surface area (Å²) < 4.78 is 0. The van der Waals surface area contributed by atoms with Gasteiger partial charge in [0.2, 0.25) is 0 Å². The molecule has 0 aliphatic heterocycles. The molecule has 2 rings (SSSR count). The van der Waals surface area contributed by atoms with Crippen molar-refractivity contribution >= 4 is 5.82 Å². The Bertz CT molecular complexity index is 293. The van der Waals surface area contributed by atoms with Crippen LogP contribution in [0, 0.1) is 13.8 Å². The van der Waals surface area contributed by atoms with Crippen LogP contribution in [0.25, 0.3) is 0 Å². The van der Waals surface area contributed by atoms with Crippen LogP contribution >= 0.6 is 0 Å². The molecule has 0 atom stereocenters. The van der Waals surface area contributed by atoms with Crippen molar-refractivity contribution in [2.45, 2.75) is 46.6 Å². The Kier molecular flexibility index (Phi) is 3.86. The van der Waals surface area contributed by atoms with Crippen molar-refractivity contribution in [2.75, 3.05) is 5.32 Å². The number of hydrogen-bond donors (Lipinski definition) is 1. The molecule has 1 aliphatic rings. The van der Waals surface area contributed by atoms with Gasteiger partial charge in [0, 0.05) is 17.8 Å². The van der Waals surface area contributed by atoms with Crippen LogP contribution in [0.2, 0.25) is 0 Å². The average Bonchev–Trinajstić information content (AvgIpc) is 2.99. The highest BCUT2D eigenvalue weighted by Crippen LogP contribution is 2.24. The Labute approximate surface area is 86.0 Å². The minimum absolute atomic E-state index is 0.665. The summed E-state index contributed by atoms with van der Waals surface area (Å²) in [5, 5.41) is 3.37. The van der Waals surface area contributed by atoms with Gasteiger partial charge in [-0.1, -0.05) is 13.8 Å². The molecule has 1 fully saturated rings. The van der Waals surface area contributed by atoms with Crippen LogP contribution in [0.15, 0.2) is 6.20 Å².